The zero-order valence-electron chi connectivity index (χ0n) is 9.69. The van der Waals surface area contributed by atoms with Gasteiger partial charge < -0.3 is 10.2 Å². The number of aryl methyl sites for hydroxylation is 1. The lowest BCUT2D eigenvalue weighted by molar-refractivity contribution is -0.131. The molecule has 1 aromatic heterocycles. The molecule has 0 bridgehead atoms. The van der Waals surface area contributed by atoms with Gasteiger partial charge in [0.1, 0.15) is 0 Å². The molecule has 0 radical (unpaired) electrons. The van der Waals surface area contributed by atoms with Crippen LogP contribution in [0.25, 0.3) is 0 Å². The SMILES string of the molecule is Cc1ncc(CN(C)C(=O)CC2CNC2)s1. The van der Waals surface area contributed by atoms with Crippen LogP contribution in [0, 0.1) is 12.8 Å². The van der Waals surface area contributed by atoms with E-state index in [0.29, 0.717) is 18.9 Å². The fourth-order valence-electron chi connectivity index (χ4n) is 1.70. The van der Waals surface area contributed by atoms with Crippen molar-refractivity contribution in [2.45, 2.75) is 19.9 Å². The summed E-state index contributed by atoms with van der Waals surface area (Å²) < 4.78 is 0. The van der Waals surface area contributed by atoms with Gasteiger partial charge in [-0.25, -0.2) is 4.98 Å². The van der Waals surface area contributed by atoms with Crippen molar-refractivity contribution in [2.24, 2.45) is 5.92 Å². The molecule has 2 rings (SSSR count). The van der Waals surface area contributed by atoms with Crippen LogP contribution in [-0.2, 0) is 11.3 Å². The standard InChI is InChI=1S/C11H17N3OS/c1-8-13-6-10(16-8)7-14(2)11(15)3-9-4-12-5-9/h6,9,12H,3-5,7H2,1-2H3. The van der Waals surface area contributed by atoms with Crippen molar-refractivity contribution >= 4 is 17.2 Å². The molecule has 1 aliphatic heterocycles. The van der Waals surface area contributed by atoms with E-state index in [1.54, 1.807) is 16.2 Å². The number of thiazole rings is 1. The Balaban J connectivity index is 1.82. The minimum Gasteiger partial charge on any atom is -0.341 e. The highest BCUT2D eigenvalue weighted by atomic mass is 32.1. The Hall–Kier alpha value is -0.940. The molecular weight excluding hydrogens is 222 g/mol. The van der Waals surface area contributed by atoms with Gasteiger partial charge in [0.2, 0.25) is 5.91 Å². The van der Waals surface area contributed by atoms with Gasteiger partial charge in [-0.15, -0.1) is 11.3 Å². The summed E-state index contributed by atoms with van der Waals surface area (Å²) in [4.78, 5) is 19.0. The van der Waals surface area contributed by atoms with E-state index in [1.807, 2.05) is 20.2 Å². The average Bonchev–Trinajstić information content (AvgIpc) is 2.57. The third-order valence-corrected chi connectivity index (χ3v) is 3.71. The molecule has 2 heterocycles. The molecule has 0 aromatic carbocycles. The third kappa shape index (κ3) is 2.80. The predicted molar refractivity (Wildman–Crippen MR) is 64.3 cm³/mol. The number of hydrogen-bond donors (Lipinski definition) is 1. The van der Waals surface area contributed by atoms with Crippen LogP contribution in [0.4, 0.5) is 0 Å². The Morgan fingerprint density at radius 1 is 1.69 bits per heavy atom. The van der Waals surface area contributed by atoms with Gasteiger partial charge in [-0.2, -0.15) is 0 Å². The molecule has 0 unspecified atom stereocenters. The molecule has 0 saturated carbocycles. The summed E-state index contributed by atoms with van der Waals surface area (Å²) in [5, 5.41) is 4.23. The van der Waals surface area contributed by atoms with Crippen molar-refractivity contribution in [1.29, 1.82) is 0 Å². The van der Waals surface area contributed by atoms with Crippen LogP contribution >= 0.6 is 11.3 Å². The Bertz CT molecular complexity index is 373. The Morgan fingerprint density at radius 3 is 2.94 bits per heavy atom. The lowest BCUT2D eigenvalue weighted by Gasteiger charge is -2.28. The molecule has 88 valence electrons. The van der Waals surface area contributed by atoms with E-state index in [9.17, 15) is 4.79 Å². The van der Waals surface area contributed by atoms with Crippen molar-refractivity contribution in [3.05, 3.63) is 16.1 Å². The van der Waals surface area contributed by atoms with Gasteiger partial charge in [0.05, 0.1) is 11.6 Å². The van der Waals surface area contributed by atoms with Gasteiger partial charge in [0.15, 0.2) is 0 Å². The van der Waals surface area contributed by atoms with Gasteiger partial charge in [0, 0.05) is 24.5 Å². The first-order valence-corrected chi connectivity index (χ1v) is 6.33. The van der Waals surface area contributed by atoms with Gasteiger partial charge in [-0.3, -0.25) is 4.79 Å². The molecule has 1 fully saturated rings. The fourth-order valence-corrected chi connectivity index (χ4v) is 2.54. The lowest BCUT2D eigenvalue weighted by atomic mass is 9.99. The van der Waals surface area contributed by atoms with Crippen LogP contribution in [0.5, 0.6) is 0 Å². The summed E-state index contributed by atoms with van der Waals surface area (Å²) in [7, 11) is 1.86. The summed E-state index contributed by atoms with van der Waals surface area (Å²) in [5.74, 6) is 0.774. The highest BCUT2D eigenvalue weighted by Crippen LogP contribution is 2.15. The van der Waals surface area contributed by atoms with E-state index in [4.69, 9.17) is 0 Å². The summed E-state index contributed by atoms with van der Waals surface area (Å²) in [6.07, 6.45) is 2.52. The molecule has 0 aliphatic carbocycles. The number of rotatable bonds is 4. The second-order valence-corrected chi connectivity index (χ2v) is 5.64. The second-order valence-electron chi connectivity index (χ2n) is 4.32. The smallest absolute Gasteiger partial charge is 0.223 e. The summed E-state index contributed by atoms with van der Waals surface area (Å²) in [5.41, 5.74) is 0. The number of carbonyl (C=O) groups is 1. The van der Waals surface area contributed by atoms with Crippen molar-refractivity contribution < 1.29 is 4.79 Å². The normalized spacial score (nSPS) is 15.9. The Labute approximate surface area is 99.7 Å². The van der Waals surface area contributed by atoms with Gasteiger partial charge >= 0.3 is 0 Å². The maximum absolute atomic E-state index is 11.8. The Kier molecular flexibility index (Phi) is 3.56. The highest BCUT2D eigenvalue weighted by molar-refractivity contribution is 7.11. The topological polar surface area (TPSA) is 45.2 Å². The first-order chi connectivity index (χ1) is 7.65. The highest BCUT2D eigenvalue weighted by Gasteiger charge is 2.22. The van der Waals surface area contributed by atoms with E-state index in [2.05, 4.69) is 10.3 Å². The van der Waals surface area contributed by atoms with Crippen molar-refractivity contribution in [3.63, 3.8) is 0 Å². The van der Waals surface area contributed by atoms with Crippen LogP contribution in [-0.4, -0.2) is 35.9 Å². The van der Waals surface area contributed by atoms with E-state index < -0.39 is 0 Å². The van der Waals surface area contributed by atoms with Crippen molar-refractivity contribution in [3.8, 4) is 0 Å². The van der Waals surface area contributed by atoms with Crippen LogP contribution in [0.3, 0.4) is 0 Å². The molecule has 1 aromatic rings. The molecular formula is C11H17N3OS. The maximum Gasteiger partial charge on any atom is 0.223 e. The van der Waals surface area contributed by atoms with Crippen molar-refractivity contribution in [2.75, 3.05) is 20.1 Å². The van der Waals surface area contributed by atoms with Crippen LogP contribution in [0.1, 0.15) is 16.3 Å². The number of hydrogen-bond acceptors (Lipinski definition) is 4. The minimum atomic E-state index is 0.234. The van der Waals surface area contributed by atoms with Crippen molar-refractivity contribution in [1.82, 2.24) is 15.2 Å². The maximum atomic E-state index is 11.8. The van der Waals surface area contributed by atoms with Crippen LogP contribution in [0.2, 0.25) is 0 Å². The first kappa shape index (κ1) is 11.5. The molecule has 1 N–H and O–H groups in total. The molecule has 0 spiro atoms. The molecule has 1 saturated heterocycles. The molecule has 5 heteroatoms. The monoisotopic (exact) mass is 239 g/mol. The molecule has 0 atom stereocenters. The Morgan fingerprint density at radius 2 is 2.44 bits per heavy atom. The predicted octanol–water partition coefficient (Wildman–Crippen LogP) is 1.02. The minimum absolute atomic E-state index is 0.234. The van der Waals surface area contributed by atoms with E-state index in [1.165, 1.54) is 0 Å². The van der Waals surface area contributed by atoms with Gasteiger partial charge in [-0.05, 0) is 25.9 Å². The number of nitrogens with zero attached hydrogens (tertiary/aromatic N) is 2. The van der Waals surface area contributed by atoms with E-state index >= 15 is 0 Å². The largest absolute Gasteiger partial charge is 0.341 e. The first-order valence-electron chi connectivity index (χ1n) is 5.51. The second kappa shape index (κ2) is 4.93. The molecule has 16 heavy (non-hydrogen) atoms. The molecule has 1 amide bonds. The van der Waals surface area contributed by atoms with Crippen LogP contribution in [0.15, 0.2) is 6.20 Å². The zero-order valence-corrected chi connectivity index (χ0v) is 10.5. The fraction of sp³-hybridized carbons (Fsp3) is 0.636. The zero-order chi connectivity index (χ0) is 11.5. The van der Waals surface area contributed by atoms with Crippen LogP contribution < -0.4 is 5.32 Å². The number of aromatic nitrogens is 1. The summed E-state index contributed by atoms with van der Waals surface area (Å²) in [6, 6.07) is 0. The van der Waals surface area contributed by atoms with E-state index in [0.717, 1.165) is 23.0 Å². The van der Waals surface area contributed by atoms with Gasteiger partial charge in [0.25, 0.3) is 0 Å². The third-order valence-electron chi connectivity index (χ3n) is 2.82. The number of carbonyl (C=O) groups excluding carboxylic acids is 1. The molecule has 4 nitrogen and oxygen atoms in total. The lowest BCUT2D eigenvalue weighted by Crippen LogP contribution is -2.44. The summed E-state index contributed by atoms with van der Waals surface area (Å²) in [6.45, 7) is 4.64. The van der Waals surface area contributed by atoms with Gasteiger partial charge in [-0.1, -0.05) is 0 Å². The van der Waals surface area contributed by atoms with E-state index in [-0.39, 0.29) is 5.91 Å². The molecule has 1 aliphatic rings. The number of nitrogens with one attached hydrogen (secondary N) is 1. The summed E-state index contributed by atoms with van der Waals surface area (Å²) >= 11 is 1.65. The number of amides is 1. The average molecular weight is 239 g/mol. The quantitative estimate of drug-likeness (QED) is 0.853.